The number of anilines is 1. The molecule has 0 saturated carbocycles. The summed E-state index contributed by atoms with van der Waals surface area (Å²) in [5, 5.41) is 3.39. The summed E-state index contributed by atoms with van der Waals surface area (Å²) in [4.78, 5) is 2.44. The molecule has 3 heteroatoms. The maximum Gasteiger partial charge on any atom is 0.125 e. The van der Waals surface area contributed by atoms with Gasteiger partial charge in [-0.25, -0.2) is 0 Å². The number of benzene rings is 1. The highest BCUT2D eigenvalue weighted by molar-refractivity contribution is 5.61. The van der Waals surface area contributed by atoms with Gasteiger partial charge < -0.3 is 10.1 Å². The highest BCUT2D eigenvalue weighted by Crippen LogP contribution is 2.32. The van der Waals surface area contributed by atoms with E-state index in [-0.39, 0.29) is 0 Å². The van der Waals surface area contributed by atoms with Crippen molar-refractivity contribution < 1.29 is 4.74 Å². The van der Waals surface area contributed by atoms with E-state index in [9.17, 15) is 0 Å². The molecule has 0 atom stereocenters. The Bertz CT molecular complexity index is 411. The van der Waals surface area contributed by atoms with Crippen LogP contribution in [-0.2, 0) is 6.42 Å². The maximum absolute atomic E-state index is 6.09. The van der Waals surface area contributed by atoms with E-state index in [1.54, 1.807) is 0 Å². The van der Waals surface area contributed by atoms with Crippen LogP contribution in [0.5, 0.6) is 5.75 Å². The predicted molar refractivity (Wildman–Crippen MR) is 69.8 cm³/mol. The molecular formula is C14H20N2O. The van der Waals surface area contributed by atoms with E-state index in [4.69, 9.17) is 4.74 Å². The number of hydrogen-bond acceptors (Lipinski definition) is 3. The third kappa shape index (κ3) is 2.00. The van der Waals surface area contributed by atoms with Crippen molar-refractivity contribution in [2.75, 3.05) is 25.0 Å². The van der Waals surface area contributed by atoms with Gasteiger partial charge in [-0.05, 0) is 32.4 Å². The van der Waals surface area contributed by atoms with E-state index in [2.05, 4.69) is 42.3 Å². The van der Waals surface area contributed by atoms with Crippen LogP contribution in [0.25, 0.3) is 0 Å². The summed E-state index contributed by atoms with van der Waals surface area (Å²) in [6, 6.07) is 6.95. The maximum atomic E-state index is 6.09. The highest BCUT2D eigenvalue weighted by Gasteiger charge is 2.30. The Morgan fingerprint density at radius 1 is 1.35 bits per heavy atom. The summed E-state index contributed by atoms with van der Waals surface area (Å²) in [5.41, 5.74) is 2.61. The Labute approximate surface area is 103 Å². The van der Waals surface area contributed by atoms with Crippen molar-refractivity contribution in [2.45, 2.75) is 32.4 Å². The lowest BCUT2D eigenvalue weighted by Crippen LogP contribution is -2.56. The van der Waals surface area contributed by atoms with Gasteiger partial charge in [0.1, 0.15) is 11.9 Å². The van der Waals surface area contributed by atoms with Crippen molar-refractivity contribution in [3.05, 3.63) is 23.8 Å². The van der Waals surface area contributed by atoms with Crippen LogP contribution >= 0.6 is 0 Å². The van der Waals surface area contributed by atoms with Crippen LogP contribution in [0.1, 0.15) is 19.4 Å². The monoisotopic (exact) mass is 232 g/mol. The van der Waals surface area contributed by atoms with Crippen LogP contribution in [-0.4, -0.2) is 36.7 Å². The first-order valence-corrected chi connectivity index (χ1v) is 6.50. The fourth-order valence-electron chi connectivity index (χ4n) is 2.57. The second-order valence-electron chi connectivity index (χ2n) is 5.25. The number of hydrogen-bond donors (Lipinski definition) is 1. The minimum absolute atomic E-state index is 0.379. The zero-order valence-electron chi connectivity index (χ0n) is 10.6. The third-order valence-corrected chi connectivity index (χ3v) is 3.72. The van der Waals surface area contributed by atoms with Gasteiger partial charge in [0, 0.05) is 36.9 Å². The summed E-state index contributed by atoms with van der Waals surface area (Å²) in [5.74, 6) is 1.08. The average molecular weight is 232 g/mol. The van der Waals surface area contributed by atoms with Crippen LogP contribution in [0.4, 0.5) is 5.69 Å². The molecule has 0 unspecified atom stereocenters. The highest BCUT2D eigenvalue weighted by atomic mass is 16.5. The molecule has 0 spiro atoms. The van der Waals surface area contributed by atoms with Crippen molar-refractivity contribution in [3.8, 4) is 5.75 Å². The van der Waals surface area contributed by atoms with Crippen LogP contribution in [0, 0.1) is 0 Å². The Balaban J connectivity index is 1.65. The van der Waals surface area contributed by atoms with E-state index in [0.29, 0.717) is 12.1 Å². The molecule has 1 saturated heterocycles. The number of nitrogens with zero attached hydrogens (tertiary/aromatic N) is 1. The van der Waals surface area contributed by atoms with Crippen LogP contribution in [0.15, 0.2) is 18.2 Å². The zero-order valence-corrected chi connectivity index (χ0v) is 10.6. The molecule has 3 nitrogen and oxygen atoms in total. The molecule has 0 amide bonds. The van der Waals surface area contributed by atoms with Crippen LogP contribution in [0.2, 0.25) is 0 Å². The first-order valence-electron chi connectivity index (χ1n) is 6.50. The lowest BCUT2D eigenvalue weighted by atomic mass is 10.1. The number of ether oxygens (including phenoxy) is 1. The standard InChI is InChI=1S/C14H20N2O/c1-10(2)16-8-11(9-16)17-14-5-3-4-13-12(14)6-7-15-13/h3-5,10-11,15H,6-9H2,1-2H3. The van der Waals surface area contributed by atoms with Gasteiger partial charge in [-0.3, -0.25) is 4.90 Å². The molecule has 2 aliphatic rings. The molecule has 17 heavy (non-hydrogen) atoms. The first kappa shape index (κ1) is 10.9. The Morgan fingerprint density at radius 2 is 2.18 bits per heavy atom. The molecule has 1 aromatic carbocycles. The lowest BCUT2D eigenvalue weighted by Gasteiger charge is -2.41. The molecule has 3 rings (SSSR count). The van der Waals surface area contributed by atoms with Crippen molar-refractivity contribution in [1.29, 1.82) is 0 Å². The largest absolute Gasteiger partial charge is 0.487 e. The topological polar surface area (TPSA) is 24.5 Å². The van der Waals surface area contributed by atoms with Crippen molar-refractivity contribution in [3.63, 3.8) is 0 Å². The zero-order chi connectivity index (χ0) is 11.8. The number of rotatable bonds is 3. The van der Waals surface area contributed by atoms with Gasteiger partial charge in [0.15, 0.2) is 0 Å². The number of fused-ring (bicyclic) bond motifs is 1. The summed E-state index contributed by atoms with van der Waals surface area (Å²) >= 11 is 0. The first-order chi connectivity index (χ1) is 8.24. The van der Waals surface area contributed by atoms with Gasteiger partial charge in [-0.2, -0.15) is 0 Å². The second-order valence-corrected chi connectivity index (χ2v) is 5.25. The minimum atomic E-state index is 0.379. The SMILES string of the molecule is CC(C)N1CC(Oc2cccc3c2CCN3)C1. The van der Waals surface area contributed by atoms with Gasteiger partial charge in [0.05, 0.1) is 0 Å². The fourth-order valence-corrected chi connectivity index (χ4v) is 2.57. The Morgan fingerprint density at radius 3 is 2.94 bits per heavy atom. The minimum Gasteiger partial charge on any atom is -0.487 e. The molecular weight excluding hydrogens is 212 g/mol. The second kappa shape index (κ2) is 4.22. The van der Waals surface area contributed by atoms with E-state index < -0.39 is 0 Å². The molecule has 0 aromatic heterocycles. The summed E-state index contributed by atoms with van der Waals surface area (Å²) in [6.45, 7) is 7.64. The van der Waals surface area contributed by atoms with E-state index >= 15 is 0 Å². The van der Waals surface area contributed by atoms with E-state index in [1.807, 2.05) is 0 Å². The fraction of sp³-hybridized carbons (Fsp3) is 0.571. The van der Waals surface area contributed by atoms with Gasteiger partial charge in [0.2, 0.25) is 0 Å². The predicted octanol–water partition coefficient (Wildman–Crippen LogP) is 2.13. The van der Waals surface area contributed by atoms with Gasteiger partial charge in [-0.1, -0.05) is 6.07 Å². The molecule has 92 valence electrons. The third-order valence-electron chi connectivity index (χ3n) is 3.72. The number of nitrogens with one attached hydrogen (secondary N) is 1. The van der Waals surface area contributed by atoms with Crippen molar-refractivity contribution in [1.82, 2.24) is 4.90 Å². The average Bonchev–Trinajstić information content (AvgIpc) is 2.70. The number of likely N-dealkylation sites (tertiary alicyclic amines) is 1. The molecule has 1 aromatic rings. The lowest BCUT2D eigenvalue weighted by molar-refractivity contribution is -0.000227. The smallest absolute Gasteiger partial charge is 0.125 e. The molecule has 0 radical (unpaired) electrons. The molecule has 2 aliphatic heterocycles. The molecule has 2 heterocycles. The van der Waals surface area contributed by atoms with Gasteiger partial charge in [-0.15, -0.1) is 0 Å². The van der Waals surface area contributed by atoms with Gasteiger partial charge in [0.25, 0.3) is 0 Å². The Kier molecular flexibility index (Phi) is 2.71. The normalized spacial score (nSPS) is 19.9. The Hall–Kier alpha value is -1.22. The summed E-state index contributed by atoms with van der Waals surface area (Å²) in [7, 11) is 0. The molecule has 1 N–H and O–H groups in total. The quantitative estimate of drug-likeness (QED) is 0.864. The summed E-state index contributed by atoms with van der Waals surface area (Å²) in [6.07, 6.45) is 1.47. The van der Waals surface area contributed by atoms with Crippen molar-refractivity contribution >= 4 is 5.69 Å². The molecule has 0 aliphatic carbocycles. The van der Waals surface area contributed by atoms with E-state index in [0.717, 1.165) is 31.8 Å². The van der Waals surface area contributed by atoms with E-state index in [1.165, 1.54) is 11.3 Å². The molecule has 0 bridgehead atoms. The van der Waals surface area contributed by atoms with Crippen LogP contribution in [0.3, 0.4) is 0 Å². The summed E-state index contributed by atoms with van der Waals surface area (Å²) < 4.78 is 6.09. The van der Waals surface area contributed by atoms with Crippen molar-refractivity contribution in [2.24, 2.45) is 0 Å². The van der Waals surface area contributed by atoms with Gasteiger partial charge >= 0.3 is 0 Å². The molecule has 1 fully saturated rings. The van der Waals surface area contributed by atoms with Crippen LogP contribution < -0.4 is 10.1 Å².